The molecule has 2 N–H and O–H groups in total. The molecule has 1 unspecified atom stereocenters. The molecule has 19 heavy (non-hydrogen) atoms. The average Bonchev–Trinajstić information content (AvgIpc) is 2.35. The van der Waals surface area contributed by atoms with E-state index in [2.05, 4.69) is 21.2 Å². The molecular weight excluding hydrogens is 334 g/mol. The van der Waals surface area contributed by atoms with Gasteiger partial charge in [0.05, 0.1) is 10.6 Å². The van der Waals surface area contributed by atoms with Gasteiger partial charge in [0.2, 0.25) is 0 Å². The lowest BCUT2D eigenvalue weighted by atomic mass is 10.2. The standard InChI is InChI=1S/C13H17BrClNO3/c1-2-3-10(17)7-16-13(18)8-19-12-5-4-9(15)6-11(12)14/h4-6,10,17H,2-3,7-8H2,1H3,(H,16,18). The molecule has 0 heterocycles. The minimum atomic E-state index is -0.504. The van der Waals surface area contributed by atoms with Gasteiger partial charge in [-0.1, -0.05) is 24.9 Å². The molecule has 0 aliphatic carbocycles. The Kier molecular flexibility index (Phi) is 7.20. The Bertz CT molecular complexity index is 428. The van der Waals surface area contributed by atoms with Crippen LogP contribution in [0.25, 0.3) is 0 Å². The Morgan fingerprint density at radius 1 is 1.58 bits per heavy atom. The van der Waals surface area contributed by atoms with Gasteiger partial charge in [-0.25, -0.2) is 0 Å². The number of aliphatic hydroxyl groups excluding tert-OH is 1. The second-order valence-corrected chi connectivity index (χ2v) is 5.40. The maximum absolute atomic E-state index is 11.5. The van der Waals surface area contributed by atoms with Gasteiger partial charge < -0.3 is 15.2 Å². The van der Waals surface area contributed by atoms with E-state index >= 15 is 0 Å². The van der Waals surface area contributed by atoms with Gasteiger partial charge in [-0.05, 0) is 40.5 Å². The highest BCUT2D eigenvalue weighted by Crippen LogP contribution is 2.27. The Morgan fingerprint density at radius 3 is 2.95 bits per heavy atom. The number of carbonyl (C=O) groups is 1. The molecule has 0 saturated heterocycles. The zero-order valence-electron chi connectivity index (χ0n) is 10.7. The molecule has 1 amide bonds. The average molecular weight is 351 g/mol. The van der Waals surface area contributed by atoms with Crippen LogP contribution in [0.2, 0.25) is 5.02 Å². The number of hydrogen-bond acceptors (Lipinski definition) is 3. The maximum atomic E-state index is 11.5. The van der Waals surface area contributed by atoms with Crippen molar-refractivity contribution in [1.29, 1.82) is 0 Å². The predicted molar refractivity (Wildman–Crippen MR) is 78.6 cm³/mol. The lowest BCUT2D eigenvalue weighted by molar-refractivity contribution is -0.123. The minimum absolute atomic E-state index is 0.0981. The summed E-state index contributed by atoms with van der Waals surface area (Å²) in [6.45, 7) is 2.13. The van der Waals surface area contributed by atoms with Crippen molar-refractivity contribution in [3.05, 3.63) is 27.7 Å². The summed E-state index contributed by atoms with van der Waals surface area (Å²) in [7, 11) is 0. The lowest BCUT2D eigenvalue weighted by Gasteiger charge is -2.12. The van der Waals surface area contributed by atoms with E-state index in [1.54, 1.807) is 18.2 Å². The van der Waals surface area contributed by atoms with Crippen LogP contribution in [0.3, 0.4) is 0 Å². The van der Waals surface area contributed by atoms with E-state index in [-0.39, 0.29) is 19.1 Å². The Labute approximate surface area is 126 Å². The number of ether oxygens (including phenoxy) is 1. The van der Waals surface area contributed by atoms with E-state index in [4.69, 9.17) is 16.3 Å². The Hall–Kier alpha value is -0.780. The minimum Gasteiger partial charge on any atom is -0.483 e. The molecule has 1 rings (SSSR count). The molecule has 0 aromatic heterocycles. The lowest BCUT2D eigenvalue weighted by Crippen LogP contribution is -2.35. The van der Waals surface area contributed by atoms with Crippen LogP contribution < -0.4 is 10.1 Å². The summed E-state index contributed by atoms with van der Waals surface area (Å²) in [5.74, 6) is 0.283. The van der Waals surface area contributed by atoms with E-state index in [1.165, 1.54) is 0 Å². The molecule has 4 nitrogen and oxygen atoms in total. The first-order valence-corrected chi connectivity index (χ1v) is 7.22. The molecule has 0 spiro atoms. The van der Waals surface area contributed by atoms with E-state index < -0.39 is 6.10 Å². The summed E-state index contributed by atoms with van der Waals surface area (Å²) in [5.41, 5.74) is 0. The van der Waals surface area contributed by atoms with Gasteiger partial charge in [-0.15, -0.1) is 0 Å². The van der Waals surface area contributed by atoms with Crippen LogP contribution in [0, 0.1) is 0 Å². The molecule has 0 fully saturated rings. The third-order valence-corrected chi connectivity index (χ3v) is 3.26. The number of carbonyl (C=O) groups excluding carboxylic acids is 1. The number of rotatable bonds is 7. The summed E-state index contributed by atoms with van der Waals surface area (Å²) < 4.78 is 6.04. The van der Waals surface area contributed by atoms with Crippen molar-refractivity contribution >= 4 is 33.4 Å². The fraction of sp³-hybridized carbons (Fsp3) is 0.462. The highest BCUT2D eigenvalue weighted by atomic mass is 79.9. The molecule has 0 bridgehead atoms. The fourth-order valence-electron chi connectivity index (χ4n) is 1.45. The maximum Gasteiger partial charge on any atom is 0.258 e. The van der Waals surface area contributed by atoms with Gasteiger partial charge >= 0.3 is 0 Å². The van der Waals surface area contributed by atoms with Crippen molar-refractivity contribution in [2.75, 3.05) is 13.2 Å². The van der Waals surface area contributed by atoms with Gasteiger partial charge in [0.1, 0.15) is 5.75 Å². The van der Waals surface area contributed by atoms with Crippen molar-refractivity contribution in [2.24, 2.45) is 0 Å². The third-order valence-electron chi connectivity index (χ3n) is 2.41. The fourth-order valence-corrected chi connectivity index (χ4v) is 2.25. The smallest absolute Gasteiger partial charge is 0.258 e. The highest BCUT2D eigenvalue weighted by molar-refractivity contribution is 9.10. The quantitative estimate of drug-likeness (QED) is 0.795. The summed E-state index contributed by atoms with van der Waals surface area (Å²) >= 11 is 9.10. The van der Waals surface area contributed by atoms with E-state index in [0.717, 1.165) is 6.42 Å². The second-order valence-electron chi connectivity index (χ2n) is 4.11. The molecular formula is C13H17BrClNO3. The monoisotopic (exact) mass is 349 g/mol. The normalized spacial score (nSPS) is 12.0. The van der Waals surface area contributed by atoms with E-state index in [1.807, 2.05) is 6.92 Å². The number of halogens is 2. The number of nitrogens with one attached hydrogen (secondary N) is 1. The van der Waals surface area contributed by atoms with Gasteiger partial charge in [0.25, 0.3) is 5.91 Å². The Balaban J connectivity index is 2.33. The van der Waals surface area contributed by atoms with Crippen LogP contribution in [0.4, 0.5) is 0 Å². The van der Waals surface area contributed by atoms with Gasteiger partial charge in [0.15, 0.2) is 6.61 Å². The summed E-state index contributed by atoms with van der Waals surface area (Å²) in [4.78, 5) is 11.5. The number of benzene rings is 1. The molecule has 0 aliphatic rings. The summed E-state index contributed by atoms with van der Waals surface area (Å²) in [5, 5.41) is 12.7. The summed E-state index contributed by atoms with van der Waals surface area (Å²) in [6.07, 6.45) is 1.05. The molecule has 1 aromatic rings. The molecule has 0 aliphatic heterocycles. The van der Waals surface area contributed by atoms with Crippen molar-refractivity contribution in [1.82, 2.24) is 5.32 Å². The second kappa shape index (κ2) is 8.40. The topological polar surface area (TPSA) is 58.6 Å². The van der Waals surface area contributed by atoms with Gasteiger partial charge in [-0.3, -0.25) is 4.79 Å². The van der Waals surface area contributed by atoms with Crippen LogP contribution in [0.5, 0.6) is 5.75 Å². The number of amides is 1. The van der Waals surface area contributed by atoms with Crippen LogP contribution in [0.1, 0.15) is 19.8 Å². The van der Waals surface area contributed by atoms with Crippen molar-refractivity contribution in [2.45, 2.75) is 25.9 Å². The third kappa shape index (κ3) is 6.27. The van der Waals surface area contributed by atoms with Crippen LogP contribution in [-0.4, -0.2) is 30.3 Å². The zero-order valence-corrected chi connectivity index (χ0v) is 13.0. The summed E-state index contributed by atoms with van der Waals surface area (Å²) in [6, 6.07) is 5.07. The van der Waals surface area contributed by atoms with Crippen molar-refractivity contribution in [3.63, 3.8) is 0 Å². The first-order chi connectivity index (χ1) is 9.02. The SMILES string of the molecule is CCCC(O)CNC(=O)COc1ccc(Cl)cc1Br. The van der Waals surface area contributed by atoms with Gasteiger partial charge in [-0.2, -0.15) is 0 Å². The largest absolute Gasteiger partial charge is 0.483 e. The molecule has 0 saturated carbocycles. The van der Waals surface area contributed by atoms with Crippen LogP contribution in [-0.2, 0) is 4.79 Å². The zero-order chi connectivity index (χ0) is 14.3. The number of hydrogen-bond donors (Lipinski definition) is 2. The van der Waals surface area contributed by atoms with Crippen LogP contribution in [0.15, 0.2) is 22.7 Å². The molecule has 0 radical (unpaired) electrons. The molecule has 6 heteroatoms. The van der Waals surface area contributed by atoms with E-state index in [9.17, 15) is 9.90 Å². The van der Waals surface area contributed by atoms with Gasteiger partial charge in [0, 0.05) is 11.6 Å². The van der Waals surface area contributed by atoms with Crippen LogP contribution >= 0.6 is 27.5 Å². The number of aliphatic hydroxyl groups is 1. The highest BCUT2D eigenvalue weighted by Gasteiger charge is 2.08. The molecule has 1 atom stereocenters. The molecule has 106 valence electrons. The first-order valence-electron chi connectivity index (χ1n) is 6.05. The predicted octanol–water partition coefficient (Wildman–Crippen LogP) is 2.76. The van der Waals surface area contributed by atoms with Crippen molar-refractivity contribution < 1.29 is 14.6 Å². The molecule has 1 aromatic carbocycles. The van der Waals surface area contributed by atoms with E-state index in [0.29, 0.717) is 21.7 Å². The Morgan fingerprint density at radius 2 is 2.32 bits per heavy atom. The first kappa shape index (κ1) is 16.3. The van der Waals surface area contributed by atoms with Crippen molar-refractivity contribution in [3.8, 4) is 5.75 Å².